The number of aryl methyl sites for hydroxylation is 1. The summed E-state index contributed by atoms with van der Waals surface area (Å²) in [5, 5.41) is 6.61. The zero-order chi connectivity index (χ0) is 17.5. The van der Waals surface area contributed by atoms with Crippen LogP contribution in [0.15, 0.2) is 10.4 Å². The van der Waals surface area contributed by atoms with Crippen molar-refractivity contribution in [3.05, 3.63) is 16.1 Å². The average molecular weight is 354 g/mol. The molecule has 0 spiro atoms. The lowest BCUT2D eigenvalue weighted by Gasteiger charge is -2.37. The van der Waals surface area contributed by atoms with Crippen molar-refractivity contribution in [2.75, 3.05) is 39.9 Å². The first-order valence-electron chi connectivity index (χ1n) is 8.75. The fourth-order valence-corrected chi connectivity index (χ4v) is 3.59. The lowest BCUT2D eigenvalue weighted by Crippen LogP contribution is -2.49. The molecule has 6 nitrogen and oxygen atoms in total. The minimum absolute atomic E-state index is 0.410. The molecule has 2 atom stereocenters. The topological polar surface area (TPSA) is 53.0 Å². The highest BCUT2D eigenvalue weighted by Crippen LogP contribution is 2.12. The molecule has 2 heterocycles. The van der Waals surface area contributed by atoms with Gasteiger partial charge in [0.2, 0.25) is 0 Å². The van der Waals surface area contributed by atoms with E-state index in [0.29, 0.717) is 12.1 Å². The molecule has 0 aromatic carbocycles. The molecule has 24 heavy (non-hydrogen) atoms. The molecule has 0 amide bonds. The van der Waals surface area contributed by atoms with Gasteiger partial charge in [-0.2, -0.15) is 0 Å². The van der Waals surface area contributed by atoms with E-state index < -0.39 is 0 Å². The Morgan fingerprint density at radius 2 is 2.42 bits per heavy atom. The number of aliphatic imine (C=N–C) groups is 1. The molecule has 7 heteroatoms. The fourth-order valence-electron chi connectivity index (χ4n) is 2.99. The van der Waals surface area contributed by atoms with Gasteiger partial charge in [-0.25, -0.2) is 4.98 Å². The Bertz CT molecular complexity index is 533. The van der Waals surface area contributed by atoms with Crippen LogP contribution in [0.1, 0.15) is 31.5 Å². The number of hydrogen-bond donors (Lipinski definition) is 1. The summed E-state index contributed by atoms with van der Waals surface area (Å²) in [4.78, 5) is 14.0. The number of hydrogen-bond acceptors (Lipinski definition) is 5. The lowest BCUT2D eigenvalue weighted by molar-refractivity contribution is -0.0166. The second-order valence-corrected chi connectivity index (χ2v) is 7.48. The van der Waals surface area contributed by atoms with Crippen LogP contribution in [0.3, 0.4) is 0 Å². The van der Waals surface area contributed by atoms with Crippen molar-refractivity contribution in [2.24, 2.45) is 4.99 Å². The molecule has 136 valence electrons. The Kier molecular flexibility index (Phi) is 7.45. The van der Waals surface area contributed by atoms with Gasteiger partial charge >= 0.3 is 0 Å². The van der Waals surface area contributed by atoms with E-state index in [0.717, 1.165) is 56.1 Å². The quantitative estimate of drug-likeness (QED) is 0.626. The summed E-state index contributed by atoms with van der Waals surface area (Å²) in [5.41, 5.74) is 1.10. The van der Waals surface area contributed by atoms with Crippen molar-refractivity contribution in [1.29, 1.82) is 0 Å². The van der Waals surface area contributed by atoms with E-state index >= 15 is 0 Å². The normalized spacial score (nSPS) is 20.9. The average Bonchev–Trinajstić information content (AvgIpc) is 2.96. The minimum Gasteiger partial charge on any atom is -0.379 e. The highest BCUT2D eigenvalue weighted by atomic mass is 32.1. The number of aromatic nitrogens is 1. The van der Waals surface area contributed by atoms with E-state index in [9.17, 15) is 0 Å². The van der Waals surface area contributed by atoms with Gasteiger partial charge in [0.25, 0.3) is 0 Å². The SMILES string of the molecule is CCNC(=NCC(C)N1CCOCC1C)N(C)Cc1csc(C)n1. The molecule has 0 aliphatic carbocycles. The summed E-state index contributed by atoms with van der Waals surface area (Å²) in [6.45, 7) is 13.7. The second kappa shape index (κ2) is 9.34. The van der Waals surface area contributed by atoms with Gasteiger partial charge in [0, 0.05) is 37.6 Å². The van der Waals surface area contributed by atoms with Gasteiger partial charge < -0.3 is 15.0 Å². The molecule has 1 aliphatic heterocycles. The van der Waals surface area contributed by atoms with Crippen molar-refractivity contribution in [2.45, 2.75) is 46.3 Å². The zero-order valence-electron chi connectivity index (χ0n) is 15.6. The highest BCUT2D eigenvalue weighted by molar-refractivity contribution is 7.09. The molecule has 2 unspecified atom stereocenters. The van der Waals surface area contributed by atoms with E-state index in [4.69, 9.17) is 9.73 Å². The number of nitrogens with zero attached hydrogens (tertiary/aromatic N) is 4. The molecule has 1 aliphatic rings. The standard InChI is InChI=1S/C17H31N5OS/c1-6-18-17(21(5)10-16-12-24-15(4)20-16)19-9-13(2)22-7-8-23-11-14(22)3/h12-14H,6-11H2,1-5H3,(H,18,19). The van der Waals surface area contributed by atoms with Crippen LogP contribution in [-0.2, 0) is 11.3 Å². The number of morpholine rings is 1. The molecule has 1 N–H and O–H groups in total. The summed E-state index contributed by atoms with van der Waals surface area (Å²) in [6, 6.07) is 0.870. The van der Waals surface area contributed by atoms with Gasteiger partial charge in [0.1, 0.15) is 0 Å². The number of rotatable bonds is 6. The third kappa shape index (κ3) is 5.43. The number of ether oxygens (including phenoxy) is 1. The summed E-state index contributed by atoms with van der Waals surface area (Å²) in [6.07, 6.45) is 0. The van der Waals surface area contributed by atoms with Gasteiger partial charge in [-0.15, -0.1) is 11.3 Å². The first kappa shape index (κ1) is 19.1. The predicted molar refractivity (Wildman–Crippen MR) is 101 cm³/mol. The molecule has 0 bridgehead atoms. The lowest BCUT2D eigenvalue weighted by atomic mass is 10.2. The smallest absolute Gasteiger partial charge is 0.194 e. The number of thiazole rings is 1. The molecule has 0 radical (unpaired) electrons. The molecular formula is C17H31N5OS. The van der Waals surface area contributed by atoms with Crippen molar-refractivity contribution in [3.8, 4) is 0 Å². The first-order valence-corrected chi connectivity index (χ1v) is 9.63. The van der Waals surface area contributed by atoms with Crippen LogP contribution in [0, 0.1) is 6.92 Å². The van der Waals surface area contributed by atoms with Gasteiger partial charge in [0.15, 0.2) is 5.96 Å². The second-order valence-electron chi connectivity index (χ2n) is 6.42. The van der Waals surface area contributed by atoms with Crippen LogP contribution in [0.5, 0.6) is 0 Å². The Labute approximate surface area is 149 Å². The van der Waals surface area contributed by atoms with Crippen LogP contribution in [0.25, 0.3) is 0 Å². The van der Waals surface area contributed by atoms with Crippen molar-refractivity contribution < 1.29 is 4.74 Å². The molecular weight excluding hydrogens is 322 g/mol. The van der Waals surface area contributed by atoms with Crippen LogP contribution in [0.2, 0.25) is 0 Å². The Morgan fingerprint density at radius 1 is 1.62 bits per heavy atom. The maximum absolute atomic E-state index is 5.53. The molecule has 1 aromatic heterocycles. The van der Waals surface area contributed by atoms with E-state index in [1.165, 1.54) is 0 Å². The first-order chi connectivity index (χ1) is 11.5. The van der Waals surface area contributed by atoms with Gasteiger partial charge in [-0.05, 0) is 27.7 Å². The molecule has 1 saturated heterocycles. The number of nitrogens with one attached hydrogen (secondary N) is 1. The van der Waals surface area contributed by atoms with Crippen molar-refractivity contribution >= 4 is 17.3 Å². The summed E-state index contributed by atoms with van der Waals surface area (Å²) in [5.74, 6) is 0.941. The largest absolute Gasteiger partial charge is 0.379 e. The van der Waals surface area contributed by atoms with Crippen molar-refractivity contribution in [1.82, 2.24) is 20.1 Å². The van der Waals surface area contributed by atoms with E-state index in [1.54, 1.807) is 11.3 Å². The van der Waals surface area contributed by atoms with Gasteiger partial charge in [-0.1, -0.05) is 0 Å². The number of guanidine groups is 1. The van der Waals surface area contributed by atoms with Gasteiger partial charge in [-0.3, -0.25) is 9.89 Å². The van der Waals surface area contributed by atoms with Crippen molar-refractivity contribution in [3.63, 3.8) is 0 Å². The monoisotopic (exact) mass is 353 g/mol. The third-order valence-electron chi connectivity index (χ3n) is 4.25. The Balaban J connectivity index is 1.95. The van der Waals surface area contributed by atoms with E-state index in [1.807, 2.05) is 6.92 Å². The fraction of sp³-hybridized carbons (Fsp3) is 0.765. The predicted octanol–water partition coefficient (Wildman–Crippen LogP) is 1.96. The minimum atomic E-state index is 0.410. The zero-order valence-corrected chi connectivity index (χ0v) is 16.4. The van der Waals surface area contributed by atoms with Crippen LogP contribution in [0.4, 0.5) is 0 Å². The van der Waals surface area contributed by atoms with Gasteiger partial charge in [0.05, 0.1) is 37.0 Å². The van der Waals surface area contributed by atoms with E-state index in [2.05, 4.69) is 53.3 Å². The third-order valence-corrected chi connectivity index (χ3v) is 5.07. The van der Waals surface area contributed by atoms with Crippen LogP contribution >= 0.6 is 11.3 Å². The highest BCUT2D eigenvalue weighted by Gasteiger charge is 2.23. The molecule has 2 rings (SSSR count). The maximum atomic E-state index is 5.53. The Morgan fingerprint density at radius 3 is 3.04 bits per heavy atom. The molecule has 1 fully saturated rings. The van der Waals surface area contributed by atoms with Crippen LogP contribution in [-0.4, -0.2) is 72.7 Å². The van der Waals surface area contributed by atoms with E-state index in [-0.39, 0.29) is 0 Å². The summed E-state index contributed by atoms with van der Waals surface area (Å²) < 4.78 is 5.53. The molecule has 1 aromatic rings. The molecule has 0 saturated carbocycles. The summed E-state index contributed by atoms with van der Waals surface area (Å²) in [7, 11) is 2.07. The Hall–Kier alpha value is -1.18. The maximum Gasteiger partial charge on any atom is 0.194 e. The summed E-state index contributed by atoms with van der Waals surface area (Å²) >= 11 is 1.69. The van der Waals surface area contributed by atoms with Crippen LogP contribution < -0.4 is 5.32 Å².